The number of aliphatic hydroxyl groups is 1. The molecule has 0 bridgehead atoms. The molecule has 1 aromatic carbocycles. The largest absolute Gasteiger partial charge is 0.460 e. The summed E-state index contributed by atoms with van der Waals surface area (Å²) in [4.78, 5) is 0. The van der Waals surface area contributed by atoms with Gasteiger partial charge in [-0.25, -0.2) is 0 Å². The fourth-order valence-corrected chi connectivity index (χ4v) is 2.43. The Morgan fingerprint density at radius 1 is 1.41 bits per heavy atom. The summed E-state index contributed by atoms with van der Waals surface area (Å²) < 4.78 is 5.71. The van der Waals surface area contributed by atoms with Crippen molar-refractivity contribution in [3.05, 3.63) is 35.0 Å². The van der Waals surface area contributed by atoms with Gasteiger partial charge in [-0.15, -0.1) is 0 Å². The molecule has 1 saturated carbocycles. The van der Waals surface area contributed by atoms with Gasteiger partial charge in [0, 0.05) is 11.8 Å². The van der Waals surface area contributed by atoms with Crippen LogP contribution in [0.2, 0.25) is 5.02 Å². The zero-order valence-electron chi connectivity index (χ0n) is 9.53. The Labute approximate surface area is 105 Å². The van der Waals surface area contributed by atoms with Gasteiger partial charge in [0.25, 0.3) is 0 Å². The van der Waals surface area contributed by atoms with Crippen molar-refractivity contribution in [2.24, 2.45) is 5.92 Å². The molecule has 0 spiro atoms. The van der Waals surface area contributed by atoms with E-state index in [1.165, 1.54) is 12.8 Å². The van der Waals surface area contributed by atoms with E-state index in [0.29, 0.717) is 10.9 Å². The lowest BCUT2D eigenvalue weighted by Gasteiger charge is -2.06. The molecule has 1 unspecified atom stereocenters. The first kappa shape index (κ1) is 11.1. The monoisotopic (exact) mass is 250 g/mol. The zero-order valence-corrected chi connectivity index (χ0v) is 10.3. The topological polar surface area (TPSA) is 33.4 Å². The smallest absolute Gasteiger partial charge is 0.152 e. The standard InChI is InChI=1S/C14H15ClO2/c15-12-3-1-2-10-8-11(17-14(10)12)6-7-13(16)9-4-5-9/h1-3,8-9,13,16H,4-7H2. The Morgan fingerprint density at radius 3 is 2.94 bits per heavy atom. The molecule has 0 amide bonds. The van der Waals surface area contributed by atoms with Crippen LogP contribution in [0.15, 0.2) is 28.7 Å². The van der Waals surface area contributed by atoms with Crippen molar-refractivity contribution >= 4 is 22.6 Å². The first-order valence-electron chi connectivity index (χ1n) is 6.09. The highest BCUT2D eigenvalue weighted by molar-refractivity contribution is 6.34. The molecular weight excluding hydrogens is 236 g/mol. The van der Waals surface area contributed by atoms with Crippen LogP contribution in [-0.2, 0) is 6.42 Å². The van der Waals surface area contributed by atoms with E-state index in [4.69, 9.17) is 16.0 Å². The lowest BCUT2D eigenvalue weighted by Crippen LogP contribution is -2.09. The maximum Gasteiger partial charge on any atom is 0.152 e. The molecule has 90 valence electrons. The van der Waals surface area contributed by atoms with E-state index < -0.39 is 0 Å². The predicted molar refractivity (Wildman–Crippen MR) is 68.3 cm³/mol. The minimum Gasteiger partial charge on any atom is -0.460 e. The average molecular weight is 251 g/mol. The van der Waals surface area contributed by atoms with Crippen LogP contribution in [-0.4, -0.2) is 11.2 Å². The van der Waals surface area contributed by atoms with Crippen LogP contribution >= 0.6 is 11.6 Å². The summed E-state index contributed by atoms with van der Waals surface area (Å²) in [6.07, 6.45) is 3.74. The molecule has 1 aliphatic carbocycles. The van der Waals surface area contributed by atoms with E-state index in [1.54, 1.807) is 0 Å². The number of fused-ring (bicyclic) bond motifs is 1. The van der Waals surface area contributed by atoms with Crippen LogP contribution in [0.3, 0.4) is 0 Å². The highest BCUT2D eigenvalue weighted by atomic mass is 35.5. The van der Waals surface area contributed by atoms with Crippen molar-refractivity contribution in [1.29, 1.82) is 0 Å². The van der Waals surface area contributed by atoms with Crippen molar-refractivity contribution in [2.75, 3.05) is 0 Å². The molecule has 3 heteroatoms. The first-order chi connectivity index (χ1) is 8.24. The molecule has 2 aromatic rings. The summed E-state index contributed by atoms with van der Waals surface area (Å²) in [5.74, 6) is 1.44. The molecule has 0 radical (unpaired) electrons. The second-order valence-corrected chi connectivity index (χ2v) is 5.22. The zero-order chi connectivity index (χ0) is 11.8. The summed E-state index contributed by atoms with van der Waals surface area (Å²) in [5.41, 5.74) is 0.755. The van der Waals surface area contributed by atoms with Crippen molar-refractivity contribution in [3.63, 3.8) is 0 Å². The van der Waals surface area contributed by atoms with E-state index >= 15 is 0 Å². The molecule has 0 saturated heterocycles. The summed E-state index contributed by atoms with van der Waals surface area (Å²) >= 11 is 6.05. The van der Waals surface area contributed by atoms with Gasteiger partial charge in [0.15, 0.2) is 5.58 Å². The van der Waals surface area contributed by atoms with Gasteiger partial charge in [-0.3, -0.25) is 0 Å². The Morgan fingerprint density at radius 2 is 2.24 bits per heavy atom. The maximum atomic E-state index is 9.81. The highest BCUT2D eigenvalue weighted by Crippen LogP contribution is 2.35. The number of aliphatic hydroxyl groups excluding tert-OH is 1. The molecular formula is C14H15ClO2. The summed E-state index contributed by atoms with van der Waals surface area (Å²) in [7, 11) is 0. The Bertz CT molecular complexity index is 528. The number of benzene rings is 1. The number of halogens is 1. The number of rotatable bonds is 4. The number of furan rings is 1. The van der Waals surface area contributed by atoms with E-state index in [9.17, 15) is 5.11 Å². The molecule has 1 fully saturated rings. The number of para-hydroxylation sites is 1. The predicted octanol–water partition coefficient (Wildman–Crippen LogP) is 3.79. The van der Waals surface area contributed by atoms with E-state index in [1.807, 2.05) is 24.3 Å². The van der Waals surface area contributed by atoms with Crippen LogP contribution in [0.4, 0.5) is 0 Å². The fourth-order valence-electron chi connectivity index (χ4n) is 2.21. The van der Waals surface area contributed by atoms with Crippen LogP contribution in [0.1, 0.15) is 25.0 Å². The quantitative estimate of drug-likeness (QED) is 0.896. The van der Waals surface area contributed by atoms with Gasteiger partial charge in [0.2, 0.25) is 0 Å². The van der Waals surface area contributed by atoms with E-state index in [2.05, 4.69) is 0 Å². The first-order valence-corrected chi connectivity index (χ1v) is 6.47. The van der Waals surface area contributed by atoms with Gasteiger partial charge in [-0.05, 0) is 37.3 Å². The SMILES string of the molecule is OC(CCc1cc2cccc(Cl)c2o1)C1CC1. The molecule has 1 heterocycles. The normalized spacial score (nSPS) is 17.5. The van der Waals surface area contributed by atoms with Crippen molar-refractivity contribution in [3.8, 4) is 0 Å². The van der Waals surface area contributed by atoms with Crippen LogP contribution in [0, 0.1) is 5.92 Å². The lowest BCUT2D eigenvalue weighted by atomic mass is 10.1. The minimum atomic E-state index is -0.168. The van der Waals surface area contributed by atoms with E-state index in [0.717, 1.165) is 29.6 Å². The molecule has 17 heavy (non-hydrogen) atoms. The second-order valence-electron chi connectivity index (χ2n) is 4.81. The Hall–Kier alpha value is -0.990. The third-order valence-corrected chi connectivity index (χ3v) is 3.70. The number of hydrogen-bond acceptors (Lipinski definition) is 2. The van der Waals surface area contributed by atoms with Gasteiger partial charge in [0.05, 0.1) is 11.1 Å². The van der Waals surface area contributed by atoms with Crippen molar-refractivity contribution in [1.82, 2.24) is 0 Å². The average Bonchev–Trinajstić information content (AvgIpc) is 3.07. The summed E-state index contributed by atoms with van der Waals surface area (Å²) in [6.45, 7) is 0. The van der Waals surface area contributed by atoms with Crippen LogP contribution in [0.5, 0.6) is 0 Å². The third-order valence-electron chi connectivity index (χ3n) is 3.40. The van der Waals surface area contributed by atoms with Gasteiger partial charge in [0.1, 0.15) is 5.76 Å². The lowest BCUT2D eigenvalue weighted by molar-refractivity contribution is 0.140. The number of aryl methyl sites for hydroxylation is 1. The molecule has 0 aliphatic heterocycles. The molecule has 1 atom stereocenters. The van der Waals surface area contributed by atoms with Crippen LogP contribution < -0.4 is 0 Å². The second kappa shape index (κ2) is 4.35. The third kappa shape index (κ3) is 2.33. The minimum absolute atomic E-state index is 0.168. The van der Waals surface area contributed by atoms with Gasteiger partial charge >= 0.3 is 0 Å². The molecule has 3 rings (SSSR count). The van der Waals surface area contributed by atoms with Crippen molar-refractivity contribution in [2.45, 2.75) is 31.8 Å². The summed E-state index contributed by atoms with van der Waals surface area (Å²) in [5, 5.41) is 11.5. The fraction of sp³-hybridized carbons (Fsp3) is 0.429. The molecule has 1 aliphatic rings. The maximum absolute atomic E-state index is 9.81. The number of hydrogen-bond donors (Lipinski definition) is 1. The van der Waals surface area contributed by atoms with E-state index in [-0.39, 0.29) is 6.10 Å². The highest BCUT2D eigenvalue weighted by Gasteiger charge is 2.29. The van der Waals surface area contributed by atoms with Gasteiger partial charge in [-0.2, -0.15) is 0 Å². The van der Waals surface area contributed by atoms with Crippen LogP contribution in [0.25, 0.3) is 11.0 Å². The summed E-state index contributed by atoms with van der Waals surface area (Å²) in [6, 6.07) is 7.76. The molecule has 1 aromatic heterocycles. The van der Waals surface area contributed by atoms with Crippen molar-refractivity contribution < 1.29 is 9.52 Å². The van der Waals surface area contributed by atoms with Gasteiger partial charge in [-0.1, -0.05) is 23.7 Å². The molecule has 1 N–H and O–H groups in total. The Kier molecular flexibility index (Phi) is 2.85. The van der Waals surface area contributed by atoms with Gasteiger partial charge < -0.3 is 9.52 Å². The Balaban J connectivity index is 1.74. The molecule has 2 nitrogen and oxygen atoms in total.